The molecule has 0 radical (unpaired) electrons. The number of carbonyl (C=O) groups is 1. The molecule has 0 fully saturated rings. The van der Waals surface area contributed by atoms with Crippen LogP contribution < -0.4 is 0 Å². The van der Waals surface area contributed by atoms with Crippen LogP contribution in [0.1, 0.15) is 17.3 Å². The number of halogens is 1. The summed E-state index contributed by atoms with van der Waals surface area (Å²) in [5, 5.41) is 18.8. The molecule has 1 rings (SSSR count). The molecule has 0 heterocycles. The topological polar surface area (TPSA) is 124 Å². The maximum Gasteiger partial charge on any atom is 0.335 e. The van der Waals surface area contributed by atoms with Gasteiger partial charge in [0.05, 0.1) is 17.1 Å². The molecule has 1 N–H and O–H groups in total. The van der Waals surface area contributed by atoms with E-state index in [0.717, 1.165) is 0 Å². The number of carboxylic acids is 1. The third-order valence-corrected chi connectivity index (χ3v) is 3.92. The fourth-order valence-corrected chi connectivity index (χ4v) is 2.73. The Morgan fingerprint density at radius 2 is 2.11 bits per heavy atom. The smallest absolute Gasteiger partial charge is 0.335 e. The average molecular weight is 310 g/mol. The minimum Gasteiger partial charge on any atom is -0.478 e. The number of hydrogen-bond donors (Lipinski definition) is 1. The van der Waals surface area contributed by atoms with Crippen molar-refractivity contribution in [2.45, 2.75) is 11.8 Å². The Labute approximate surface area is 112 Å². The quantitative estimate of drug-likeness (QED) is 0.498. The lowest BCUT2D eigenvalue weighted by Crippen LogP contribution is -2.10. The van der Waals surface area contributed by atoms with E-state index in [1.54, 1.807) is 0 Å². The fraction of sp³-hybridized carbons (Fsp3) is 0.222. The van der Waals surface area contributed by atoms with Gasteiger partial charge >= 0.3 is 5.97 Å². The number of nitro benzene ring substituents is 1. The first-order valence-electron chi connectivity index (χ1n) is 4.81. The Bertz CT molecular complexity index is 640. The van der Waals surface area contributed by atoms with Crippen molar-refractivity contribution >= 4 is 33.4 Å². The SMILES string of the molecule is CCOS(=O)(=O)c1cc(C(=O)O)cc([N+](=O)[O-])c1Cl. The number of carboxylic acid groups (broad SMARTS) is 1. The van der Waals surface area contributed by atoms with Gasteiger partial charge in [0.2, 0.25) is 0 Å². The molecule has 104 valence electrons. The molecule has 0 unspecified atom stereocenters. The number of benzene rings is 1. The number of nitrogens with zero attached hydrogens (tertiary/aromatic N) is 1. The lowest BCUT2D eigenvalue weighted by molar-refractivity contribution is -0.384. The summed E-state index contributed by atoms with van der Waals surface area (Å²) >= 11 is 5.61. The highest BCUT2D eigenvalue weighted by Gasteiger charge is 2.28. The van der Waals surface area contributed by atoms with E-state index in [9.17, 15) is 23.3 Å². The zero-order valence-electron chi connectivity index (χ0n) is 9.49. The predicted molar refractivity (Wildman–Crippen MR) is 63.9 cm³/mol. The first-order chi connectivity index (χ1) is 8.70. The number of nitro groups is 1. The van der Waals surface area contributed by atoms with Gasteiger partial charge in [-0.2, -0.15) is 8.42 Å². The maximum absolute atomic E-state index is 11.7. The standard InChI is InChI=1S/C9H8ClNO7S/c1-2-18-19(16,17)7-4-5(9(12)13)3-6(8(7)10)11(14)15/h3-4H,2H2,1H3,(H,12,13). The summed E-state index contributed by atoms with van der Waals surface area (Å²) in [5.74, 6) is -1.52. The number of rotatable bonds is 5. The molecule has 0 aliphatic heterocycles. The third-order valence-electron chi connectivity index (χ3n) is 2.01. The second-order valence-corrected chi connectivity index (χ2v) is 5.19. The molecule has 10 heteroatoms. The molecule has 0 spiro atoms. The van der Waals surface area contributed by atoms with E-state index < -0.39 is 42.2 Å². The Hall–Kier alpha value is -1.71. The third kappa shape index (κ3) is 3.19. The molecular formula is C9H8ClNO7S. The highest BCUT2D eigenvalue weighted by molar-refractivity contribution is 7.86. The van der Waals surface area contributed by atoms with Crippen molar-refractivity contribution in [3.8, 4) is 0 Å². The van der Waals surface area contributed by atoms with Crippen LogP contribution in [0.5, 0.6) is 0 Å². The largest absolute Gasteiger partial charge is 0.478 e. The van der Waals surface area contributed by atoms with Gasteiger partial charge in [0.15, 0.2) is 0 Å². The van der Waals surface area contributed by atoms with Crippen molar-refractivity contribution in [2.24, 2.45) is 0 Å². The van der Waals surface area contributed by atoms with Crippen LogP contribution in [-0.4, -0.2) is 31.0 Å². The Kier molecular flexibility index (Phi) is 4.45. The fourth-order valence-electron chi connectivity index (χ4n) is 1.24. The first-order valence-corrected chi connectivity index (χ1v) is 6.60. The zero-order valence-corrected chi connectivity index (χ0v) is 11.1. The van der Waals surface area contributed by atoms with E-state index in [2.05, 4.69) is 4.18 Å². The predicted octanol–water partition coefficient (Wildman–Crippen LogP) is 1.67. The van der Waals surface area contributed by atoms with Gasteiger partial charge in [-0.05, 0) is 13.0 Å². The molecule has 0 atom stereocenters. The molecule has 0 bridgehead atoms. The van der Waals surface area contributed by atoms with Crippen molar-refractivity contribution in [1.82, 2.24) is 0 Å². The normalized spacial score (nSPS) is 11.3. The van der Waals surface area contributed by atoms with Crippen molar-refractivity contribution < 1.29 is 27.4 Å². The second-order valence-electron chi connectivity index (χ2n) is 3.23. The van der Waals surface area contributed by atoms with Crippen molar-refractivity contribution in [1.29, 1.82) is 0 Å². The molecule has 0 aliphatic carbocycles. The molecule has 0 aliphatic rings. The highest BCUT2D eigenvalue weighted by Crippen LogP contribution is 2.33. The lowest BCUT2D eigenvalue weighted by atomic mass is 10.2. The molecular weight excluding hydrogens is 302 g/mol. The zero-order chi connectivity index (χ0) is 14.8. The first kappa shape index (κ1) is 15.3. The number of aromatic carboxylic acids is 1. The monoisotopic (exact) mass is 309 g/mol. The van der Waals surface area contributed by atoms with E-state index in [1.165, 1.54) is 6.92 Å². The van der Waals surface area contributed by atoms with Crippen LogP contribution in [0.4, 0.5) is 5.69 Å². The summed E-state index contributed by atoms with van der Waals surface area (Å²) in [7, 11) is -4.35. The van der Waals surface area contributed by atoms with Crippen LogP contribution >= 0.6 is 11.6 Å². The van der Waals surface area contributed by atoms with Crippen molar-refractivity contribution in [3.63, 3.8) is 0 Å². The molecule has 0 saturated heterocycles. The minimum atomic E-state index is -4.35. The van der Waals surface area contributed by atoms with E-state index >= 15 is 0 Å². The van der Waals surface area contributed by atoms with Gasteiger partial charge in [0, 0.05) is 6.07 Å². The molecule has 8 nitrogen and oxygen atoms in total. The Morgan fingerprint density at radius 1 is 1.53 bits per heavy atom. The molecule has 1 aromatic carbocycles. The van der Waals surface area contributed by atoms with Gasteiger partial charge in [-0.15, -0.1) is 0 Å². The van der Waals surface area contributed by atoms with Crippen molar-refractivity contribution in [2.75, 3.05) is 6.61 Å². The van der Waals surface area contributed by atoms with Gasteiger partial charge in [-0.3, -0.25) is 14.3 Å². The molecule has 0 aromatic heterocycles. The van der Waals surface area contributed by atoms with Crippen molar-refractivity contribution in [3.05, 3.63) is 32.8 Å². The van der Waals surface area contributed by atoms with E-state index in [1.807, 2.05) is 0 Å². The summed E-state index contributed by atoms with van der Waals surface area (Å²) in [6.07, 6.45) is 0. The summed E-state index contributed by atoms with van der Waals surface area (Å²) in [6, 6.07) is 1.39. The van der Waals surface area contributed by atoms with Gasteiger partial charge in [0.25, 0.3) is 15.8 Å². The van der Waals surface area contributed by atoms with Crippen LogP contribution in [0.15, 0.2) is 17.0 Å². The van der Waals surface area contributed by atoms with E-state index in [4.69, 9.17) is 16.7 Å². The Balaban J connectivity index is 3.64. The summed E-state index contributed by atoms with van der Waals surface area (Å²) < 4.78 is 27.8. The van der Waals surface area contributed by atoms with Crippen LogP contribution in [0.2, 0.25) is 5.02 Å². The van der Waals surface area contributed by atoms with Gasteiger partial charge in [-0.25, -0.2) is 4.79 Å². The van der Waals surface area contributed by atoms with Gasteiger partial charge < -0.3 is 5.11 Å². The van der Waals surface area contributed by atoms with Crippen LogP contribution in [0.3, 0.4) is 0 Å². The molecule has 1 aromatic rings. The van der Waals surface area contributed by atoms with Gasteiger partial charge in [0.1, 0.15) is 9.92 Å². The highest BCUT2D eigenvalue weighted by atomic mass is 35.5. The molecule has 0 saturated carbocycles. The summed E-state index contributed by atoms with van der Waals surface area (Å²) in [6.45, 7) is 1.17. The summed E-state index contributed by atoms with van der Waals surface area (Å²) in [5.41, 5.74) is -1.39. The number of hydrogen-bond acceptors (Lipinski definition) is 6. The van der Waals surface area contributed by atoms with E-state index in [-0.39, 0.29) is 6.61 Å². The van der Waals surface area contributed by atoms with E-state index in [0.29, 0.717) is 12.1 Å². The summed E-state index contributed by atoms with van der Waals surface area (Å²) in [4.78, 5) is 19.8. The van der Waals surface area contributed by atoms with Crippen LogP contribution in [0.25, 0.3) is 0 Å². The molecule has 0 amide bonds. The Morgan fingerprint density at radius 3 is 2.53 bits per heavy atom. The minimum absolute atomic E-state index is 0.218. The van der Waals surface area contributed by atoms with Crippen LogP contribution in [-0.2, 0) is 14.3 Å². The lowest BCUT2D eigenvalue weighted by Gasteiger charge is -2.07. The molecule has 19 heavy (non-hydrogen) atoms. The van der Waals surface area contributed by atoms with Crippen LogP contribution in [0, 0.1) is 10.1 Å². The maximum atomic E-state index is 11.7. The van der Waals surface area contributed by atoms with Gasteiger partial charge in [-0.1, -0.05) is 11.6 Å². The average Bonchev–Trinajstić information content (AvgIpc) is 2.27. The second kappa shape index (κ2) is 5.51.